The second kappa shape index (κ2) is 12.5. The minimum atomic E-state index is -0.660. The largest absolute Gasteiger partial charge is 0.364 e. The Hall–Kier alpha value is -3.95. The van der Waals surface area contributed by atoms with Gasteiger partial charge in [-0.05, 0) is 43.0 Å². The van der Waals surface area contributed by atoms with E-state index in [4.69, 9.17) is 5.73 Å². The van der Waals surface area contributed by atoms with Crippen LogP contribution in [0.4, 0.5) is 17.3 Å². The van der Waals surface area contributed by atoms with Crippen molar-refractivity contribution in [1.82, 2.24) is 20.2 Å². The third-order valence-corrected chi connectivity index (χ3v) is 5.61. The zero-order chi connectivity index (χ0) is 26.1. The number of hydrogen-bond donors (Lipinski definition) is 3. The Morgan fingerprint density at radius 1 is 1.20 bits per heavy atom. The van der Waals surface area contributed by atoms with Gasteiger partial charge in [0.2, 0.25) is 11.8 Å². The Balaban J connectivity index is 2.20. The van der Waals surface area contributed by atoms with E-state index in [1.165, 1.54) is 11.0 Å². The number of likely N-dealkylation sites (N-methyl/N-ethyl adjacent to an activating group) is 1. The van der Waals surface area contributed by atoms with Crippen LogP contribution in [0.15, 0.2) is 36.9 Å². The average molecular weight is 482 g/mol. The first-order chi connectivity index (χ1) is 16.6. The van der Waals surface area contributed by atoms with Crippen LogP contribution < -0.4 is 21.3 Å². The third-order valence-electron chi connectivity index (χ3n) is 5.61. The van der Waals surface area contributed by atoms with Crippen LogP contribution in [-0.2, 0) is 16.0 Å². The second-order valence-corrected chi connectivity index (χ2v) is 8.28. The number of hydrogen-bond acceptors (Lipinski definition) is 7. The highest BCUT2D eigenvalue weighted by Gasteiger charge is 2.19. The maximum Gasteiger partial charge on any atom is 0.271 e. The number of anilines is 3. The van der Waals surface area contributed by atoms with Gasteiger partial charge in [-0.2, -0.15) is 0 Å². The monoisotopic (exact) mass is 481 g/mol. The summed E-state index contributed by atoms with van der Waals surface area (Å²) in [5.74, 6) is -0.258. The van der Waals surface area contributed by atoms with Gasteiger partial charge in [-0.15, -0.1) is 0 Å². The average Bonchev–Trinajstić information content (AvgIpc) is 2.85. The van der Waals surface area contributed by atoms with Gasteiger partial charge in [-0.3, -0.25) is 14.4 Å². The molecule has 0 saturated heterocycles. The molecule has 1 atom stereocenters. The molecule has 1 heterocycles. The molecule has 1 aromatic carbocycles. The molecule has 3 amide bonds. The Morgan fingerprint density at radius 3 is 2.51 bits per heavy atom. The van der Waals surface area contributed by atoms with Crippen LogP contribution in [0, 0.1) is 0 Å². The molecule has 10 heteroatoms. The molecule has 0 radical (unpaired) electrons. The molecule has 0 unspecified atom stereocenters. The Labute approximate surface area is 206 Å². The molecular weight excluding hydrogens is 446 g/mol. The summed E-state index contributed by atoms with van der Waals surface area (Å²) >= 11 is 0. The fraction of sp³-hybridized carbons (Fsp3) is 0.400. The van der Waals surface area contributed by atoms with Gasteiger partial charge < -0.3 is 26.2 Å². The number of amides is 3. The summed E-state index contributed by atoms with van der Waals surface area (Å²) in [5.41, 5.74) is 8.06. The van der Waals surface area contributed by atoms with Gasteiger partial charge in [0.05, 0.1) is 12.2 Å². The Bertz CT molecular complexity index is 1090. The van der Waals surface area contributed by atoms with E-state index < -0.39 is 5.91 Å². The minimum absolute atomic E-state index is 0.00735. The third kappa shape index (κ3) is 7.26. The van der Waals surface area contributed by atoms with Crippen molar-refractivity contribution in [3.05, 3.63) is 53.9 Å². The van der Waals surface area contributed by atoms with E-state index in [1.807, 2.05) is 57.0 Å². The number of aryl methyl sites for hydroxylation is 1. The number of rotatable bonds is 12. The highest BCUT2D eigenvalue weighted by atomic mass is 16.2. The lowest BCUT2D eigenvalue weighted by Gasteiger charge is -2.21. The molecule has 10 nitrogen and oxygen atoms in total. The molecule has 0 bridgehead atoms. The number of carbonyl (C=O) groups is 3. The van der Waals surface area contributed by atoms with Crippen molar-refractivity contribution in [1.29, 1.82) is 0 Å². The summed E-state index contributed by atoms with van der Waals surface area (Å²) in [6.45, 7) is 10.4. The summed E-state index contributed by atoms with van der Waals surface area (Å²) in [6.07, 6.45) is 1.78. The van der Waals surface area contributed by atoms with Gasteiger partial charge >= 0.3 is 0 Å². The summed E-state index contributed by atoms with van der Waals surface area (Å²) in [7, 11) is 3.46. The summed E-state index contributed by atoms with van der Waals surface area (Å²) in [6, 6.07) is 7.61. The molecule has 2 aromatic rings. The smallest absolute Gasteiger partial charge is 0.271 e. The molecule has 0 fully saturated rings. The number of benzene rings is 1. The van der Waals surface area contributed by atoms with Crippen molar-refractivity contribution in [2.24, 2.45) is 5.73 Å². The lowest BCUT2D eigenvalue weighted by Crippen LogP contribution is -2.38. The molecule has 188 valence electrons. The number of primary amides is 1. The number of nitrogens with zero attached hydrogens (tertiary/aromatic N) is 4. The topological polar surface area (TPSA) is 134 Å². The first kappa shape index (κ1) is 27.3. The highest BCUT2D eigenvalue weighted by molar-refractivity contribution is 5.96. The van der Waals surface area contributed by atoms with Gasteiger partial charge in [0.25, 0.3) is 5.91 Å². The van der Waals surface area contributed by atoms with Gasteiger partial charge in [0, 0.05) is 32.9 Å². The van der Waals surface area contributed by atoms with Gasteiger partial charge in [-0.25, -0.2) is 9.97 Å². The van der Waals surface area contributed by atoms with E-state index in [-0.39, 0.29) is 35.8 Å². The fourth-order valence-corrected chi connectivity index (χ4v) is 3.36. The highest BCUT2D eigenvalue weighted by Crippen LogP contribution is 2.26. The molecule has 0 spiro atoms. The van der Waals surface area contributed by atoms with Crippen LogP contribution in [-0.4, -0.2) is 66.3 Å². The van der Waals surface area contributed by atoms with Crippen molar-refractivity contribution >= 4 is 35.0 Å². The first-order valence-electron chi connectivity index (χ1n) is 11.5. The van der Waals surface area contributed by atoms with Crippen LogP contribution in [0.1, 0.15) is 48.4 Å². The van der Waals surface area contributed by atoms with Gasteiger partial charge in [0.15, 0.2) is 17.3 Å². The molecule has 0 aliphatic heterocycles. The predicted octanol–water partition coefficient (Wildman–Crippen LogP) is 2.20. The summed E-state index contributed by atoms with van der Waals surface area (Å²) in [4.78, 5) is 48.2. The van der Waals surface area contributed by atoms with E-state index in [0.717, 1.165) is 12.1 Å². The predicted molar refractivity (Wildman–Crippen MR) is 138 cm³/mol. The van der Waals surface area contributed by atoms with E-state index >= 15 is 0 Å². The molecule has 1 aromatic heterocycles. The molecule has 4 N–H and O–H groups in total. The quantitative estimate of drug-likeness (QED) is 0.396. The normalized spacial score (nSPS) is 11.3. The number of carbonyl (C=O) groups excluding carboxylic acids is 3. The molecule has 2 rings (SSSR count). The van der Waals surface area contributed by atoms with Crippen LogP contribution in [0.3, 0.4) is 0 Å². The summed E-state index contributed by atoms with van der Waals surface area (Å²) < 4.78 is 0. The van der Waals surface area contributed by atoms with Crippen molar-refractivity contribution in [2.45, 2.75) is 33.1 Å². The van der Waals surface area contributed by atoms with Crippen molar-refractivity contribution in [2.75, 3.05) is 43.9 Å². The van der Waals surface area contributed by atoms with Crippen molar-refractivity contribution in [3.63, 3.8) is 0 Å². The SMILES string of the molecule is C=CC(=O)N(C)CC(=O)NC[C@H](C)c1cccc(Nc2nc(N(C)CC)c(CC)nc2C(N)=O)c1. The van der Waals surface area contributed by atoms with Crippen LogP contribution in [0.5, 0.6) is 0 Å². The molecule has 0 aliphatic rings. The van der Waals surface area contributed by atoms with E-state index in [2.05, 4.69) is 27.2 Å². The lowest BCUT2D eigenvalue weighted by molar-refractivity contribution is -0.131. The zero-order valence-corrected chi connectivity index (χ0v) is 21.1. The number of nitrogens with one attached hydrogen (secondary N) is 2. The standard InChI is InChI=1S/C25H35N7O3/c1-7-19-25(31(5)9-3)30-24(22(29-19)23(26)35)28-18-12-10-11-17(13-18)16(4)14-27-20(33)15-32(6)21(34)8-2/h8,10-13,16H,2,7,9,14-15H2,1,3-6H3,(H2,26,35)(H,27,33)(H,28,30)/t16-/m0/s1. The van der Waals surface area contributed by atoms with Gasteiger partial charge in [0.1, 0.15) is 0 Å². The van der Waals surface area contributed by atoms with Crippen LogP contribution >= 0.6 is 0 Å². The first-order valence-corrected chi connectivity index (χ1v) is 11.5. The lowest BCUT2D eigenvalue weighted by atomic mass is 10.0. The Kier molecular flexibility index (Phi) is 9.74. The number of aromatic nitrogens is 2. The van der Waals surface area contributed by atoms with E-state index in [9.17, 15) is 14.4 Å². The number of nitrogens with two attached hydrogens (primary N) is 1. The fourth-order valence-electron chi connectivity index (χ4n) is 3.36. The van der Waals surface area contributed by atoms with Crippen molar-refractivity contribution < 1.29 is 14.4 Å². The molecule has 0 saturated carbocycles. The zero-order valence-electron chi connectivity index (χ0n) is 21.1. The Morgan fingerprint density at radius 2 is 1.91 bits per heavy atom. The molecule has 0 aliphatic carbocycles. The maximum absolute atomic E-state index is 12.2. The minimum Gasteiger partial charge on any atom is -0.364 e. The van der Waals surface area contributed by atoms with Crippen LogP contribution in [0.25, 0.3) is 0 Å². The summed E-state index contributed by atoms with van der Waals surface area (Å²) in [5, 5.41) is 6.03. The van der Waals surface area contributed by atoms with E-state index in [1.54, 1.807) is 7.05 Å². The van der Waals surface area contributed by atoms with Crippen LogP contribution in [0.2, 0.25) is 0 Å². The van der Waals surface area contributed by atoms with Crippen molar-refractivity contribution in [3.8, 4) is 0 Å². The molecular formula is C25H35N7O3. The van der Waals surface area contributed by atoms with E-state index in [0.29, 0.717) is 30.2 Å². The van der Waals surface area contributed by atoms with Gasteiger partial charge in [-0.1, -0.05) is 32.6 Å². The second-order valence-electron chi connectivity index (χ2n) is 8.28. The maximum atomic E-state index is 12.2. The molecule has 35 heavy (non-hydrogen) atoms.